The normalized spacial score (nSPS) is 11.0. The van der Waals surface area contributed by atoms with Gasteiger partial charge in [0.05, 0.1) is 11.9 Å². The molecule has 3 rings (SSSR count). The Labute approximate surface area is 178 Å². The summed E-state index contributed by atoms with van der Waals surface area (Å²) in [5.41, 5.74) is 6.16. The van der Waals surface area contributed by atoms with Crippen LogP contribution in [0.15, 0.2) is 59.8 Å². The highest BCUT2D eigenvalue weighted by Crippen LogP contribution is 2.22. The van der Waals surface area contributed by atoms with Crippen molar-refractivity contribution in [3.63, 3.8) is 0 Å². The van der Waals surface area contributed by atoms with Crippen LogP contribution in [-0.4, -0.2) is 15.9 Å². The summed E-state index contributed by atoms with van der Waals surface area (Å²) in [7, 11) is 0. The maximum atomic E-state index is 13.2. The van der Waals surface area contributed by atoms with Crippen molar-refractivity contribution in [3.8, 4) is 0 Å². The lowest BCUT2D eigenvalue weighted by Crippen LogP contribution is -2.24. The van der Waals surface area contributed by atoms with E-state index < -0.39 is 0 Å². The minimum absolute atomic E-state index is 0.348. The van der Waals surface area contributed by atoms with Crippen molar-refractivity contribution in [3.05, 3.63) is 87.4 Å². The second-order valence-electron chi connectivity index (χ2n) is 6.03. The minimum atomic E-state index is -0.358. The topological polar surface area (TPSA) is 41.4 Å². The summed E-state index contributed by atoms with van der Waals surface area (Å²) in [6, 6.07) is 13.7. The summed E-state index contributed by atoms with van der Waals surface area (Å²) < 4.78 is 15.2. The molecule has 0 amide bonds. The zero-order valence-electron chi connectivity index (χ0n) is 14.9. The first kappa shape index (κ1) is 20.3. The molecule has 0 saturated heterocycles. The summed E-state index contributed by atoms with van der Waals surface area (Å²) >= 11 is 17.5. The fourth-order valence-corrected chi connectivity index (χ4v) is 3.14. The van der Waals surface area contributed by atoms with Crippen molar-refractivity contribution >= 4 is 52.4 Å². The molecule has 2 aromatic carbocycles. The van der Waals surface area contributed by atoms with Crippen LogP contribution >= 0.6 is 35.4 Å². The minimum Gasteiger partial charge on any atom is -0.342 e. The molecule has 28 heavy (non-hydrogen) atoms. The molecule has 0 unspecified atom stereocenters. The number of halogens is 3. The van der Waals surface area contributed by atoms with Gasteiger partial charge in [0.15, 0.2) is 5.11 Å². The van der Waals surface area contributed by atoms with Crippen molar-refractivity contribution in [1.29, 1.82) is 0 Å². The van der Waals surface area contributed by atoms with Crippen molar-refractivity contribution in [2.24, 2.45) is 5.10 Å². The molecular formula is C20H17Cl2FN4S. The van der Waals surface area contributed by atoms with Gasteiger partial charge in [-0.1, -0.05) is 35.3 Å². The molecule has 0 aliphatic carbocycles. The smallest absolute Gasteiger partial charge is 0.191 e. The average Bonchev–Trinajstić information content (AvgIpc) is 3.08. The van der Waals surface area contributed by atoms with E-state index in [9.17, 15) is 4.39 Å². The molecule has 0 fully saturated rings. The van der Waals surface area contributed by atoms with Crippen LogP contribution in [0.25, 0.3) is 0 Å². The molecule has 0 spiro atoms. The maximum Gasteiger partial charge on any atom is 0.191 e. The predicted molar refractivity (Wildman–Crippen MR) is 118 cm³/mol. The van der Waals surface area contributed by atoms with Crippen LogP contribution in [0.2, 0.25) is 10.0 Å². The number of nitrogens with zero attached hydrogens (tertiary/aromatic N) is 2. The van der Waals surface area contributed by atoms with Crippen LogP contribution in [0.3, 0.4) is 0 Å². The van der Waals surface area contributed by atoms with E-state index in [1.807, 2.05) is 48.0 Å². The van der Waals surface area contributed by atoms with Gasteiger partial charge in [0.1, 0.15) is 5.82 Å². The summed E-state index contributed by atoms with van der Waals surface area (Å²) in [6.45, 7) is 2.40. The molecule has 144 valence electrons. The molecule has 0 radical (unpaired) electrons. The molecule has 3 aromatic rings. The van der Waals surface area contributed by atoms with Crippen molar-refractivity contribution in [2.45, 2.75) is 13.5 Å². The van der Waals surface area contributed by atoms with E-state index in [1.165, 1.54) is 12.1 Å². The van der Waals surface area contributed by atoms with E-state index in [4.69, 9.17) is 35.4 Å². The standard InChI is InChI=1S/C20H17Cl2FN4S/c1-13-17(21)5-2-6-19(13)25-20(28)26-24-11-16-4-3-9-27(16)12-14-7-8-15(23)10-18(14)22/h2-11H,12H2,1H3,(H2,25,26,28). The monoisotopic (exact) mass is 434 g/mol. The largest absolute Gasteiger partial charge is 0.342 e. The number of thiocarbonyl (C=S) groups is 1. The molecule has 0 bridgehead atoms. The lowest BCUT2D eigenvalue weighted by atomic mass is 10.2. The van der Waals surface area contributed by atoms with Gasteiger partial charge < -0.3 is 9.88 Å². The zero-order chi connectivity index (χ0) is 20.1. The third-order valence-corrected chi connectivity index (χ3v) is 5.05. The van der Waals surface area contributed by atoms with Gasteiger partial charge in [-0.25, -0.2) is 4.39 Å². The van der Waals surface area contributed by atoms with E-state index in [-0.39, 0.29) is 5.82 Å². The highest BCUT2D eigenvalue weighted by molar-refractivity contribution is 7.80. The average molecular weight is 435 g/mol. The Morgan fingerprint density at radius 1 is 1.18 bits per heavy atom. The van der Waals surface area contributed by atoms with Crippen molar-refractivity contribution in [2.75, 3.05) is 5.32 Å². The first-order chi connectivity index (χ1) is 13.4. The molecule has 8 heteroatoms. The van der Waals surface area contributed by atoms with E-state index in [2.05, 4.69) is 15.8 Å². The van der Waals surface area contributed by atoms with Gasteiger partial charge in [-0.15, -0.1) is 0 Å². The SMILES string of the molecule is Cc1c(Cl)cccc1NC(=S)NN=Cc1cccn1Cc1ccc(F)cc1Cl. The fourth-order valence-electron chi connectivity index (χ4n) is 2.57. The van der Waals surface area contributed by atoms with Crippen molar-refractivity contribution in [1.82, 2.24) is 9.99 Å². The molecule has 2 N–H and O–H groups in total. The molecule has 0 aliphatic heterocycles. The zero-order valence-corrected chi connectivity index (χ0v) is 17.2. The highest BCUT2D eigenvalue weighted by Gasteiger charge is 2.06. The van der Waals surface area contributed by atoms with E-state index in [0.29, 0.717) is 21.7 Å². The Kier molecular flexibility index (Phi) is 6.67. The first-order valence-corrected chi connectivity index (χ1v) is 9.54. The van der Waals surface area contributed by atoms with Gasteiger partial charge in [0.2, 0.25) is 0 Å². The van der Waals surface area contributed by atoms with Gasteiger partial charge in [0.25, 0.3) is 0 Å². The molecule has 1 heterocycles. The lowest BCUT2D eigenvalue weighted by molar-refractivity contribution is 0.626. The molecule has 0 saturated carbocycles. The van der Waals surface area contributed by atoms with Crippen LogP contribution in [0.1, 0.15) is 16.8 Å². The molecule has 4 nitrogen and oxygen atoms in total. The van der Waals surface area contributed by atoms with E-state index >= 15 is 0 Å². The number of hydrogen-bond donors (Lipinski definition) is 2. The number of rotatable bonds is 5. The Morgan fingerprint density at radius 2 is 2.00 bits per heavy atom. The van der Waals surface area contributed by atoms with Gasteiger partial charge in [-0.05, 0) is 66.7 Å². The van der Waals surface area contributed by atoms with Crippen LogP contribution in [0.4, 0.5) is 10.1 Å². The van der Waals surface area contributed by atoms with Crippen LogP contribution < -0.4 is 10.7 Å². The Morgan fingerprint density at radius 3 is 2.79 bits per heavy atom. The molecular weight excluding hydrogens is 418 g/mol. The highest BCUT2D eigenvalue weighted by atomic mass is 35.5. The summed E-state index contributed by atoms with van der Waals surface area (Å²) in [4.78, 5) is 0. The number of hydrogen-bond acceptors (Lipinski definition) is 2. The van der Waals surface area contributed by atoms with E-state index in [0.717, 1.165) is 22.5 Å². The molecule has 1 aromatic heterocycles. The predicted octanol–water partition coefficient (Wildman–Crippen LogP) is 5.61. The Hall–Kier alpha value is -2.41. The lowest BCUT2D eigenvalue weighted by Gasteiger charge is -2.11. The maximum absolute atomic E-state index is 13.2. The van der Waals surface area contributed by atoms with Crippen LogP contribution in [0.5, 0.6) is 0 Å². The second-order valence-corrected chi connectivity index (χ2v) is 7.26. The Bertz CT molecular complexity index is 1030. The van der Waals surface area contributed by atoms with Gasteiger partial charge in [-0.2, -0.15) is 5.10 Å². The number of benzene rings is 2. The third-order valence-electron chi connectivity index (χ3n) is 4.10. The first-order valence-electron chi connectivity index (χ1n) is 8.38. The van der Waals surface area contributed by atoms with E-state index in [1.54, 1.807) is 12.3 Å². The summed E-state index contributed by atoms with van der Waals surface area (Å²) in [5, 5.41) is 8.63. The van der Waals surface area contributed by atoms with Gasteiger partial charge in [0, 0.05) is 28.5 Å². The quantitative estimate of drug-likeness (QED) is 0.311. The molecule has 0 atom stereocenters. The fraction of sp³-hybridized carbons (Fsp3) is 0.100. The Balaban J connectivity index is 1.63. The number of nitrogens with one attached hydrogen (secondary N) is 2. The third kappa shape index (κ3) is 5.10. The summed E-state index contributed by atoms with van der Waals surface area (Å²) in [6.07, 6.45) is 3.54. The number of anilines is 1. The number of aromatic nitrogens is 1. The van der Waals surface area contributed by atoms with Crippen LogP contribution in [-0.2, 0) is 6.54 Å². The van der Waals surface area contributed by atoms with Gasteiger partial charge in [-0.3, -0.25) is 5.43 Å². The summed E-state index contributed by atoms with van der Waals surface area (Å²) in [5.74, 6) is -0.358. The molecule has 0 aliphatic rings. The van der Waals surface area contributed by atoms with Crippen LogP contribution in [0, 0.1) is 12.7 Å². The second kappa shape index (κ2) is 9.19. The van der Waals surface area contributed by atoms with Gasteiger partial charge >= 0.3 is 0 Å². The van der Waals surface area contributed by atoms with Crippen molar-refractivity contribution < 1.29 is 4.39 Å². The number of hydrazone groups is 1.